The fourth-order valence-corrected chi connectivity index (χ4v) is 8.10. The number of hydrogen-bond donors (Lipinski definition) is 1. The third-order valence-electron chi connectivity index (χ3n) is 12.0. The van der Waals surface area contributed by atoms with Crippen molar-refractivity contribution in [3.63, 3.8) is 0 Å². The molecule has 3 aromatic heterocycles. The molecule has 0 aliphatic carbocycles. The molecule has 0 saturated heterocycles. The first-order valence-electron chi connectivity index (χ1n) is 20.7. The zero-order chi connectivity index (χ0) is 42.1. The second-order valence-electron chi connectivity index (χ2n) is 19.7. The lowest BCUT2D eigenvalue weighted by Crippen LogP contribution is -2.19. The molecule has 298 valence electrons. The highest BCUT2D eigenvalue weighted by molar-refractivity contribution is 5.99. The molecule has 0 fully saturated rings. The Hall–Kier alpha value is -6.07. The van der Waals surface area contributed by atoms with Crippen LogP contribution in [0.3, 0.4) is 0 Å². The number of aromatic hydroxyl groups is 1. The Labute approximate surface area is 349 Å². The third kappa shape index (κ3) is 7.44. The maximum atomic E-state index is 11.7. The Morgan fingerprint density at radius 1 is 0.492 bits per heavy atom. The molecule has 0 bridgehead atoms. The lowest BCUT2D eigenvalue weighted by molar-refractivity contribution is 0.475. The monoisotopic (exact) mass is 776 g/mol. The summed E-state index contributed by atoms with van der Waals surface area (Å²) < 4.78 is 2.25. The molecule has 8 aromatic rings. The van der Waals surface area contributed by atoms with Crippen LogP contribution in [0.4, 0.5) is 0 Å². The van der Waals surface area contributed by atoms with Crippen LogP contribution < -0.4 is 0 Å². The van der Waals surface area contributed by atoms with Crippen LogP contribution >= 0.6 is 0 Å². The Morgan fingerprint density at radius 3 is 1.78 bits per heavy atom. The predicted molar refractivity (Wildman–Crippen MR) is 247 cm³/mol. The Bertz CT molecular complexity index is 2840. The molecule has 1 N–H and O–H groups in total. The van der Waals surface area contributed by atoms with E-state index in [1.54, 1.807) is 0 Å². The van der Waals surface area contributed by atoms with E-state index >= 15 is 0 Å². The summed E-state index contributed by atoms with van der Waals surface area (Å²) in [6.07, 6.45) is 5.67. The Morgan fingerprint density at radius 2 is 1.12 bits per heavy atom. The van der Waals surface area contributed by atoms with Gasteiger partial charge in [0.1, 0.15) is 11.6 Å². The predicted octanol–water partition coefficient (Wildman–Crippen LogP) is 13.9. The largest absolute Gasteiger partial charge is 0.507 e. The lowest BCUT2D eigenvalue weighted by atomic mass is 9.76. The number of phenolic OH excluding ortho intramolecular Hbond substituents is 1. The van der Waals surface area contributed by atoms with Gasteiger partial charge in [-0.3, -0.25) is 14.5 Å². The summed E-state index contributed by atoms with van der Waals surface area (Å²) >= 11 is 0. The number of fused-ring (bicyclic) bond motifs is 2. The van der Waals surface area contributed by atoms with Gasteiger partial charge in [-0.15, -0.1) is 0 Å². The second kappa shape index (κ2) is 14.3. The molecule has 59 heavy (non-hydrogen) atoms. The van der Waals surface area contributed by atoms with Crippen molar-refractivity contribution in [3.8, 4) is 45.1 Å². The van der Waals surface area contributed by atoms with Crippen LogP contribution in [0.5, 0.6) is 5.75 Å². The van der Waals surface area contributed by atoms with Crippen molar-refractivity contribution in [2.75, 3.05) is 0 Å². The molecule has 0 amide bonds. The van der Waals surface area contributed by atoms with Gasteiger partial charge in [-0.05, 0) is 110 Å². The van der Waals surface area contributed by atoms with E-state index in [9.17, 15) is 5.11 Å². The van der Waals surface area contributed by atoms with Crippen LogP contribution in [0, 0.1) is 0 Å². The molecule has 5 aromatic carbocycles. The fraction of sp³-hybridized carbons (Fsp3) is 0.278. The van der Waals surface area contributed by atoms with E-state index in [0.29, 0.717) is 11.4 Å². The smallest absolute Gasteiger partial charge is 0.149 e. The van der Waals surface area contributed by atoms with Gasteiger partial charge in [0.15, 0.2) is 0 Å². The van der Waals surface area contributed by atoms with Crippen LogP contribution in [0.25, 0.3) is 61.3 Å². The molecule has 0 aliphatic rings. The highest BCUT2D eigenvalue weighted by Crippen LogP contribution is 2.44. The quantitative estimate of drug-likeness (QED) is 0.183. The van der Waals surface area contributed by atoms with Gasteiger partial charge in [-0.25, -0.2) is 4.98 Å². The number of pyridine rings is 2. The van der Waals surface area contributed by atoms with Gasteiger partial charge >= 0.3 is 0 Å². The molecule has 5 nitrogen and oxygen atoms in total. The van der Waals surface area contributed by atoms with Crippen molar-refractivity contribution in [3.05, 3.63) is 162 Å². The first kappa shape index (κ1) is 39.7. The fourth-order valence-electron chi connectivity index (χ4n) is 8.10. The van der Waals surface area contributed by atoms with Crippen LogP contribution in [-0.2, 0) is 21.7 Å². The van der Waals surface area contributed by atoms with Crippen LogP contribution in [0.15, 0.2) is 134 Å². The average Bonchev–Trinajstić information content (AvgIpc) is 3.59. The van der Waals surface area contributed by atoms with Crippen LogP contribution in [0.1, 0.15) is 104 Å². The summed E-state index contributed by atoms with van der Waals surface area (Å²) in [5.74, 6) is 0.895. The molecule has 0 spiro atoms. The normalized spacial score (nSPS) is 12.7. The summed E-state index contributed by atoms with van der Waals surface area (Å²) in [6.45, 7) is 24.7. The molecule has 3 heterocycles. The summed E-state index contributed by atoms with van der Waals surface area (Å²) in [5, 5.41) is 12.7. The highest BCUT2D eigenvalue weighted by Gasteiger charge is 2.29. The topological polar surface area (TPSA) is 63.8 Å². The van der Waals surface area contributed by atoms with Crippen molar-refractivity contribution in [2.45, 2.75) is 97.8 Å². The minimum Gasteiger partial charge on any atom is -0.507 e. The number of benzene rings is 5. The number of imidazole rings is 1. The van der Waals surface area contributed by atoms with Gasteiger partial charge in [-0.1, -0.05) is 137 Å². The molecule has 5 heteroatoms. The molecule has 0 saturated carbocycles. The van der Waals surface area contributed by atoms with E-state index in [1.165, 1.54) is 22.3 Å². The minimum absolute atomic E-state index is 0.00435. The molecule has 0 aliphatic heterocycles. The number of phenols is 1. The summed E-state index contributed by atoms with van der Waals surface area (Å²) in [4.78, 5) is 15.2. The third-order valence-corrected chi connectivity index (χ3v) is 12.0. The van der Waals surface area contributed by atoms with Crippen molar-refractivity contribution in [1.82, 2.24) is 19.5 Å². The van der Waals surface area contributed by atoms with E-state index in [0.717, 1.165) is 55.4 Å². The van der Waals surface area contributed by atoms with Crippen LogP contribution in [0.2, 0.25) is 0 Å². The van der Waals surface area contributed by atoms with Crippen molar-refractivity contribution in [2.24, 2.45) is 0 Å². The number of aromatic nitrogens is 4. The maximum Gasteiger partial charge on any atom is 0.149 e. The SMILES string of the molecule is CC(C)(C)c1ccc(-n2c(-c3cc(C(C)(C)C)ccc3O)nc3c(-c4cc(-c5cncc6cccnc56)cc(C(C)(C)c5ccccc5)c4)cc(C(C)(C)C)cc32)cc1. The van der Waals surface area contributed by atoms with Gasteiger partial charge in [0, 0.05) is 46.2 Å². The standard InChI is InChI=1S/C54H56N4O/c1-51(2,3)37-19-22-42(23-20-37)58-46-31-40(53(7,8)9)30-43(49(46)57-50(58)44-29-39(52(4,5)6)21-24-47(44)59)35-26-36(45-33-55-32-34-16-15-25-56-48(34)45)28-41(27-35)54(10,11)38-17-13-12-14-18-38/h12-33,59H,1-11H3. The molecule has 8 rings (SSSR count). The zero-order valence-corrected chi connectivity index (χ0v) is 36.4. The average molecular weight is 777 g/mol. The van der Waals surface area contributed by atoms with E-state index in [1.807, 2.05) is 36.8 Å². The van der Waals surface area contributed by atoms with Gasteiger partial charge in [0.05, 0.1) is 22.1 Å². The van der Waals surface area contributed by atoms with Crippen molar-refractivity contribution < 1.29 is 5.11 Å². The zero-order valence-electron chi connectivity index (χ0n) is 36.4. The number of nitrogens with zero attached hydrogens (tertiary/aromatic N) is 4. The van der Waals surface area contributed by atoms with E-state index < -0.39 is 0 Å². The van der Waals surface area contributed by atoms with Crippen LogP contribution in [-0.4, -0.2) is 24.6 Å². The van der Waals surface area contributed by atoms with E-state index in [4.69, 9.17) is 15.0 Å². The van der Waals surface area contributed by atoms with Gasteiger partial charge in [-0.2, -0.15) is 0 Å². The summed E-state index contributed by atoms with van der Waals surface area (Å²) in [5.41, 5.74) is 13.9. The summed E-state index contributed by atoms with van der Waals surface area (Å²) in [6, 6.07) is 41.1. The van der Waals surface area contributed by atoms with E-state index in [2.05, 4.69) is 178 Å². The lowest BCUT2D eigenvalue weighted by Gasteiger charge is -2.28. The van der Waals surface area contributed by atoms with E-state index in [-0.39, 0.29) is 27.4 Å². The molecular formula is C54H56N4O. The highest BCUT2D eigenvalue weighted by atomic mass is 16.3. The summed E-state index contributed by atoms with van der Waals surface area (Å²) in [7, 11) is 0. The maximum absolute atomic E-state index is 11.7. The Kier molecular flexibility index (Phi) is 9.66. The van der Waals surface area contributed by atoms with Gasteiger partial charge in [0.25, 0.3) is 0 Å². The second-order valence-corrected chi connectivity index (χ2v) is 19.7. The number of rotatable bonds is 6. The molecular weight excluding hydrogens is 721 g/mol. The van der Waals surface area contributed by atoms with Gasteiger partial charge < -0.3 is 5.11 Å². The first-order chi connectivity index (χ1) is 27.8. The van der Waals surface area contributed by atoms with Crippen molar-refractivity contribution in [1.29, 1.82) is 0 Å². The molecule has 0 radical (unpaired) electrons. The number of hydrogen-bond acceptors (Lipinski definition) is 4. The Balaban J connectivity index is 1.49. The van der Waals surface area contributed by atoms with Crippen molar-refractivity contribution >= 4 is 21.9 Å². The molecule has 0 atom stereocenters. The first-order valence-corrected chi connectivity index (χ1v) is 20.7. The minimum atomic E-state index is -0.337. The molecule has 0 unspecified atom stereocenters. The van der Waals surface area contributed by atoms with Gasteiger partial charge in [0.2, 0.25) is 0 Å².